The fourth-order valence-electron chi connectivity index (χ4n) is 2.85. The third-order valence-electron chi connectivity index (χ3n) is 4.79. The maximum atomic E-state index is 11.6. The van der Waals surface area contributed by atoms with Gasteiger partial charge in [0.15, 0.2) is 5.12 Å². The van der Waals surface area contributed by atoms with E-state index in [0.717, 1.165) is 0 Å². The number of nitrogens with zero attached hydrogens (tertiary/aromatic N) is 1. The van der Waals surface area contributed by atoms with Crippen molar-refractivity contribution in [3.8, 4) is 0 Å². The topological polar surface area (TPSA) is 155 Å². The van der Waals surface area contributed by atoms with Crippen molar-refractivity contribution in [2.75, 3.05) is 111 Å². The van der Waals surface area contributed by atoms with Crippen molar-refractivity contribution >= 4 is 34.7 Å². The average molecular weight is 598 g/mol. The zero-order chi connectivity index (χ0) is 29.1. The number of carbonyl (C=O) groups is 4. The molecule has 0 bridgehead atoms. The first-order chi connectivity index (χ1) is 19.5. The Labute approximate surface area is 239 Å². The van der Waals surface area contributed by atoms with Gasteiger partial charge in [-0.3, -0.25) is 14.4 Å². The van der Waals surface area contributed by atoms with Gasteiger partial charge in [0.05, 0.1) is 112 Å². The Bertz CT molecular complexity index is 682. The Morgan fingerprint density at radius 2 is 0.900 bits per heavy atom. The maximum absolute atomic E-state index is 11.6. The molecule has 0 atom stereocenters. The van der Waals surface area contributed by atoms with Gasteiger partial charge in [0.2, 0.25) is 0 Å². The summed E-state index contributed by atoms with van der Waals surface area (Å²) in [6.07, 6.45) is 0.0482. The van der Waals surface area contributed by atoms with E-state index >= 15 is 0 Å². The Balaban J connectivity index is 1.68. The number of rotatable bonds is 28. The quantitative estimate of drug-likeness (QED) is 0.0902. The summed E-state index contributed by atoms with van der Waals surface area (Å²) in [5, 5.41) is 0.611. The van der Waals surface area contributed by atoms with E-state index < -0.39 is 17.8 Å². The first kappa shape index (κ1) is 36.3. The van der Waals surface area contributed by atoms with E-state index in [0.29, 0.717) is 103 Å². The SMILES string of the molecule is CC(=O)SCCOCCOCCOCCOCCOCCOCCOCCOCCC(=O)ON1C(=O)CCC1=O. The predicted octanol–water partition coefficient (Wildman–Crippen LogP) is 0.396. The van der Waals surface area contributed by atoms with Crippen LogP contribution in [0.4, 0.5) is 0 Å². The summed E-state index contributed by atoms with van der Waals surface area (Å²) < 4.78 is 43.0. The van der Waals surface area contributed by atoms with Crippen molar-refractivity contribution in [1.29, 1.82) is 0 Å². The number of ether oxygens (including phenoxy) is 8. The largest absolute Gasteiger partial charge is 0.378 e. The second-order valence-corrected chi connectivity index (χ2v) is 9.31. The molecule has 1 aliphatic rings. The molecule has 0 aromatic rings. The zero-order valence-electron chi connectivity index (χ0n) is 23.3. The van der Waals surface area contributed by atoms with E-state index in [9.17, 15) is 19.2 Å². The summed E-state index contributed by atoms with van der Waals surface area (Å²) >= 11 is 1.25. The van der Waals surface area contributed by atoms with Gasteiger partial charge in [-0.2, -0.15) is 0 Å². The third kappa shape index (κ3) is 22.1. The average Bonchev–Trinajstić information content (AvgIpc) is 3.24. The molecule has 2 amide bonds. The van der Waals surface area contributed by atoms with Crippen LogP contribution in [0.15, 0.2) is 0 Å². The van der Waals surface area contributed by atoms with Crippen LogP contribution in [-0.2, 0) is 61.9 Å². The van der Waals surface area contributed by atoms with Gasteiger partial charge in [-0.1, -0.05) is 11.8 Å². The normalized spacial score (nSPS) is 13.4. The maximum Gasteiger partial charge on any atom is 0.335 e. The molecular formula is C25H43NO13S. The molecular weight excluding hydrogens is 554 g/mol. The summed E-state index contributed by atoms with van der Waals surface area (Å²) in [6.45, 7) is 8.34. The van der Waals surface area contributed by atoms with Gasteiger partial charge in [-0.05, 0) is 0 Å². The minimum atomic E-state index is -0.699. The highest BCUT2D eigenvalue weighted by Gasteiger charge is 2.32. The number of hydroxylamine groups is 2. The molecule has 0 saturated carbocycles. The molecule has 232 valence electrons. The van der Waals surface area contributed by atoms with Gasteiger partial charge >= 0.3 is 5.97 Å². The number of carbonyl (C=O) groups excluding carboxylic acids is 4. The number of imide groups is 1. The lowest BCUT2D eigenvalue weighted by Crippen LogP contribution is -2.32. The van der Waals surface area contributed by atoms with Crippen LogP contribution in [-0.4, -0.2) is 139 Å². The summed E-state index contributed by atoms with van der Waals surface area (Å²) in [4.78, 5) is 49.8. The highest BCUT2D eigenvalue weighted by molar-refractivity contribution is 8.13. The fraction of sp³-hybridized carbons (Fsp3) is 0.840. The van der Waals surface area contributed by atoms with Crippen molar-refractivity contribution in [2.45, 2.75) is 26.2 Å². The van der Waals surface area contributed by atoms with E-state index in [4.69, 9.17) is 42.7 Å². The second kappa shape index (κ2) is 26.2. The first-order valence-electron chi connectivity index (χ1n) is 13.3. The van der Waals surface area contributed by atoms with Gasteiger partial charge < -0.3 is 42.7 Å². The molecule has 14 nitrogen and oxygen atoms in total. The number of thioether (sulfide) groups is 1. The predicted molar refractivity (Wildman–Crippen MR) is 141 cm³/mol. The van der Waals surface area contributed by atoms with Crippen LogP contribution in [0.3, 0.4) is 0 Å². The summed E-state index contributed by atoms with van der Waals surface area (Å²) in [6, 6.07) is 0. The molecule has 0 spiro atoms. The van der Waals surface area contributed by atoms with Crippen LogP contribution in [0.25, 0.3) is 0 Å². The zero-order valence-corrected chi connectivity index (χ0v) is 24.1. The molecule has 0 unspecified atom stereocenters. The van der Waals surface area contributed by atoms with Crippen LogP contribution in [0, 0.1) is 0 Å². The molecule has 0 N–H and O–H groups in total. The standard InChI is InChI=1S/C25H43NO13S/c1-22(27)40-21-20-38-19-18-37-17-16-36-15-14-35-13-12-34-11-10-33-9-8-32-7-6-31-5-4-25(30)39-26-23(28)2-3-24(26)29/h2-21H2,1H3. The lowest BCUT2D eigenvalue weighted by atomic mass is 10.4. The molecule has 0 aliphatic carbocycles. The summed E-state index contributed by atoms with van der Waals surface area (Å²) in [5.41, 5.74) is 0. The van der Waals surface area contributed by atoms with E-state index in [1.165, 1.54) is 18.7 Å². The van der Waals surface area contributed by atoms with Crippen molar-refractivity contribution in [2.24, 2.45) is 0 Å². The minimum Gasteiger partial charge on any atom is -0.378 e. The fourth-order valence-corrected chi connectivity index (χ4v) is 3.34. The van der Waals surface area contributed by atoms with E-state index in [1.54, 1.807) is 0 Å². The van der Waals surface area contributed by atoms with E-state index in [1.807, 2.05) is 0 Å². The lowest BCUT2D eigenvalue weighted by molar-refractivity contribution is -0.198. The second-order valence-electron chi connectivity index (χ2n) is 8.03. The Morgan fingerprint density at radius 3 is 1.25 bits per heavy atom. The summed E-state index contributed by atoms with van der Waals surface area (Å²) in [5.74, 6) is -1.06. The highest BCUT2D eigenvalue weighted by atomic mass is 32.2. The van der Waals surface area contributed by atoms with Crippen molar-refractivity contribution in [1.82, 2.24) is 5.06 Å². The van der Waals surface area contributed by atoms with Crippen LogP contribution < -0.4 is 0 Å². The molecule has 0 aromatic heterocycles. The van der Waals surface area contributed by atoms with Gasteiger partial charge in [0.25, 0.3) is 11.8 Å². The van der Waals surface area contributed by atoms with E-state index in [2.05, 4.69) is 0 Å². The summed E-state index contributed by atoms with van der Waals surface area (Å²) in [7, 11) is 0. The first-order valence-corrected chi connectivity index (χ1v) is 14.3. The van der Waals surface area contributed by atoms with Crippen LogP contribution >= 0.6 is 11.8 Å². The van der Waals surface area contributed by atoms with Crippen LogP contribution in [0.2, 0.25) is 0 Å². The Kier molecular flexibility index (Phi) is 23.8. The molecule has 1 fully saturated rings. The molecule has 1 heterocycles. The van der Waals surface area contributed by atoms with Gasteiger partial charge in [-0.25, -0.2) is 4.79 Å². The van der Waals surface area contributed by atoms with Gasteiger partial charge in [0, 0.05) is 25.5 Å². The smallest absolute Gasteiger partial charge is 0.335 e. The minimum absolute atomic E-state index is 0.0603. The van der Waals surface area contributed by atoms with Crippen molar-refractivity contribution in [3.63, 3.8) is 0 Å². The lowest BCUT2D eigenvalue weighted by Gasteiger charge is -2.12. The molecule has 1 rings (SSSR count). The third-order valence-corrected chi connectivity index (χ3v) is 5.56. The monoisotopic (exact) mass is 597 g/mol. The molecule has 1 aliphatic heterocycles. The van der Waals surface area contributed by atoms with Crippen LogP contribution in [0.1, 0.15) is 26.2 Å². The molecule has 40 heavy (non-hydrogen) atoms. The molecule has 0 radical (unpaired) electrons. The van der Waals surface area contributed by atoms with E-state index in [-0.39, 0.29) is 37.6 Å². The number of amides is 2. The number of hydrogen-bond acceptors (Lipinski definition) is 14. The van der Waals surface area contributed by atoms with Crippen molar-refractivity contribution in [3.05, 3.63) is 0 Å². The molecule has 15 heteroatoms. The highest BCUT2D eigenvalue weighted by Crippen LogP contribution is 2.12. The van der Waals surface area contributed by atoms with Gasteiger partial charge in [-0.15, -0.1) is 5.06 Å². The number of hydrogen-bond donors (Lipinski definition) is 0. The van der Waals surface area contributed by atoms with Crippen molar-refractivity contribution < 1.29 is 61.9 Å². The molecule has 1 saturated heterocycles. The Hall–Kier alpha value is -1.69. The molecule has 0 aromatic carbocycles. The Morgan fingerprint density at radius 1 is 0.575 bits per heavy atom. The van der Waals surface area contributed by atoms with Crippen LogP contribution in [0.5, 0.6) is 0 Å². The van der Waals surface area contributed by atoms with Gasteiger partial charge in [0.1, 0.15) is 0 Å².